The Hall–Kier alpha value is -3.48. The number of methoxy groups -OCH3 is 3. The average Bonchev–Trinajstić information content (AvgIpc) is 2.98. The summed E-state index contributed by atoms with van der Waals surface area (Å²) < 4.78 is 16.5. The minimum absolute atomic E-state index is 0.0233. The quantitative estimate of drug-likeness (QED) is 0.193. The van der Waals surface area contributed by atoms with Crippen molar-refractivity contribution in [1.29, 1.82) is 0 Å². The van der Waals surface area contributed by atoms with Crippen molar-refractivity contribution in [3.05, 3.63) is 54.1 Å². The molecule has 2 atom stereocenters. The summed E-state index contributed by atoms with van der Waals surface area (Å²) in [5.41, 5.74) is 2.91. The van der Waals surface area contributed by atoms with Crippen molar-refractivity contribution < 1.29 is 23.8 Å². The first-order valence-electron chi connectivity index (χ1n) is 14.5. The maximum absolute atomic E-state index is 13.8. The number of unbranched alkanes of at least 4 members (excludes halogenated alkanes) is 4. The first-order valence-corrected chi connectivity index (χ1v) is 14.5. The third-order valence-corrected chi connectivity index (χ3v) is 7.70. The Labute approximate surface area is 240 Å². The first kappa shape index (κ1) is 31.1. The van der Waals surface area contributed by atoms with Crippen LogP contribution in [0, 0.1) is 0 Å². The van der Waals surface area contributed by atoms with E-state index in [1.807, 2.05) is 41.3 Å². The monoisotopic (exact) mass is 550 g/mol. The van der Waals surface area contributed by atoms with E-state index < -0.39 is 12.1 Å². The molecule has 1 fully saturated rings. The summed E-state index contributed by atoms with van der Waals surface area (Å²) in [6.45, 7) is 4.79. The van der Waals surface area contributed by atoms with Gasteiger partial charge in [0.2, 0.25) is 17.6 Å². The molecule has 1 aliphatic rings. The Morgan fingerprint density at radius 3 is 2.00 bits per heavy atom. The van der Waals surface area contributed by atoms with Crippen molar-refractivity contribution >= 4 is 11.8 Å². The summed E-state index contributed by atoms with van der Waals surface area (Å²) in [7, 11) is 6.55. The Kier molecular flexibility index (Phi) is 11.9. The summed E-state index contributed by atoms with van der Waals surface area (Å²) in [6.07, 6.45) is 11.8. The lowest BCUT2D eigenvalue weighted by molar-refractivity contribution is -0.159. The van der Waals surface area contributed by atoms with E-state index in [1.165, 1.54) is 12.8 Å². The third kappa shape index (κ3) is 7.38. The highest BCUT2D eigenvalue weighted by molar-refractivity contribution is 5.97. The van der Waals surface area contributed by atoms with Gasteiger partial charge in [-0.2, -0.15) is 0 Å². The molecule has 0 bridgehead atoms. The van der Waals surface area contributed by atoms with E-state index in [4.69, 9.17) is 14.2 Å². The molecule has 40 heavy (non-hydrogen) atoms. The maximum Gasteiger partial charge on any atom is 0.246 e. The molecule has 0 spiro atoms. The summed E-state index contributed by atoms with van der Waals surface area (Å²) in [5, 5.41) is 0. The Morgan fingerprint density at radius 1 is 0.775 bits per heavy atom. The van der Waals surface area contributed by atoms with Gasteiger partial charge >= 0.3 is 0 Å². The number of piperazine rings is 1. The predicted molar refractivity (Wildman–Crippen MR) is 160 cm³/mol. The molecule has 0 N–H and O–H groups in total. The van der Waals surface area contributed by atoms with Crippen molar-refractivity contribution in [2.75, 3.05) is 34.9 Å². The van der Waals surface area contributed by atoms with E-state index in [9.17, 15) is 9.59 Å². The highest BCUT2D eigenvalue weighted by atomic mass is 16.5. The molecule has 0 radical (unpaired) electrons. The van der Waals surface area contributed by atoms with Gasteiger partial charge in [0.1, 0.15) is 12.1 Å². The topological polar surface area (TPSA) is 68.3 Å². The molecule has 1 aliphatic heterocycles. The van der Waals surface area contributed by atoms with Crippen LogP contribution in [-0.4, -0.2) is 68.6 Å². The lowest BCUT2D eigenvalue weighted by atomic mass is 9.95. The SMILES string of the molecule is CCCCCC=CCN1C(=O)[C@H](Cc2ccc(-c3cc(OC)c(OC)c(OC)c3)cc2)N(C)C(=O)[C@@H]1CCCC. The van der Waals surface area contributed by atoms with Gasteiger partial charge in [-0.05, 0) is 48.1 Å². The van der Waals surface area contributed by atoms with Crippen molar-refractivity contribution in [3.8, 4) is 28.4 Å². The van der Waals surface area contributed by atoms with E-state index in [0.29, 0.717) is 36.6 Å². The van der Waals surface area contributed by atoms with E-state index in [2.05, 4.69) is 26.0 Å². The number of hydrogen-bond acceptors (Lipinski definition) is 5. The molecule has 2 aromatic rings. The van der Waals surface area contributed by atoms with Crippen LogP contribution < -0.4 is 14.2 Å². The van der Waals surface area contributed by atoms with Crippen molar-refractivity contribution in [2.24, 2.45) is 0 Å². The Balaban J connectivity index is 1.79. The molecule has 7 heteroatoms. The standard InChI is InChI=1S/C33H46N2O5/c1-7-9-11-12-13-14-20-35-27(15-10-8-2)32(36)34(3)28(33(35)37)21-24-16-18-25(19-17-24)26-22-29(38-4)31(40-6)30(23-26)39-5/h13-14,16-19,22-23,27-28H,7-12,15,20-21H2,1-6H3/t27-,28-/m0/s1. The van der Waals surface area contributed by atoms with E-state index >= 15 is 0 Å². The molecule has 1 heterocycles. The Morgan fingerprint density at radius 2 is 1.43 bits per heavy atom. The second-order valence-electron chi connectivity index (χ2n) is 10.4. The number of nitrogens with zero attached hydrogens (tertiary/aromatic N) is 2. The highest BCUT2D eigenvalue weighted by Gasteiger charge is 2.43. The largest absolute Gasteiger partial charge is 0.493 e. The van der Waals surface area contributed by atoms with Gasteiger partial charge in [0, 0.05) is 20.0 Å². The van der Waals surface area contributed by atoms with Crippen LogP contribution >= 0.6 is 0 Å². The molecular weight excluding hydrogens is 504 g/mol. The maximum atomic E-state index is 13.8. The molecule has 3 rings (SSSR count). The van der Waals surface area contributed by atoms with Gasteiger partial charge in [0.05, 0.1) is 21.3 Å². The van der Waals surface area contributed by atoms with Gasteiger partial charge in [-0.3, -0.25) is 9.59 Å². The van der Waals surface area contributed by atoms with Crippen LogP contribution in [0.1, 0.15) is 64.4 Å². The number of allylic oxidation sites excluding steroid dienone is 1. The van der Waals surface area contributed by atoms with Gasteiger partial charge in [-0.1, -0.05) is 75.9 Å². The molecular formula is C33H46N2O5. The number of carbonyl (C=O) groups excluding carboxylic acids is 2. The van der Waals surface area contributed by atoms with Gasteiger partial charge in [0.15, 0.2) is 11.5 Å². The third-order valence-electron chi connectivity index (χ3n) is 7.70. The first-order chi connectivity index (χ1) is 19.4. The van der Waals surface area contributed by atoms with Crippen molar-refractivity contribution in [1.82, 2.24) is 9.80 Å². The highest BCUT2D eigenvalue weighted by Crippen LogP contribution is 2.41. The van der Waals surface area contributed by atoms with Crippen LogP contribution in [0.3, 0.4) is 0 Å². The van der Waals surface area contributed by atoms with Crippen LogP contribution in [0.25, 0.3) is 11.1 Å². The second-order valence-corrected chi connectivity index (χ2v) is 10.4. The molecule has 218 valence electrons. The molecule has 2 aromatic carbocycles. The zero-order valence-corrected chi connectivity index (χ0v) is 25.1. The smallest absolute Gasteiger partial charge is 0.246 e. The van der Waals surface area contributed by atoms with Crippen LogP contribution in [0.5, 0.6) is 17.2 Å². The number of carbonyl (C=O) groups is 2. The Bertz CT molecular complexity index is 1120. The zero-order valence-electron chi connectivity index (χ0n) is 25.1. The molecule has 0 aromatic heterocycles. The summed E-state index contributed by atoms with van der Waals surface area (Å²) in [5.74, 6) is 1.78. The van der Waals surface area contributed by atoms with Gasteiger partial charge in [0.25, 0.3) is 0 Å². The molecule has 0 unspecified atom stereocenters. The van der Waals surface area contributed by atoms with Gasteiger partial charge in [-0.25, -0.2) is 0 Å². The van der Waals surface area contributed by atoms with Crippen LogP contribution in [0.2, 0.25) is 0 Å². The van der Waals surface area contributed by atoms with Crippen molar-refractivity contribution in [3.63, 3.8) is 0 Å². The molecule has 0 aliphatic carbocycles. The molecule has 0 saturated carbocycles. The molecule has 7 nitrogen and oxygen atoms in total. The average molecular weight is 551 g/mol. The number of hydrogen-bond donors (Lipinski definition) is 0. The fourth-order valence-electron chi connectivity index (χ4n) is 5.27. The fraction of sp³-hybridized carbons (Fsp3) is 0.515. The molecule has 1 saturated heterocycles. The number of benzene rings is 2. The predicted octanol–water partition coefficient (Wildman–Crippen LogP) is 6.29. The number of likely N-dealkylation sites (N-methyl/N-ethyl adjacent to an activating group) is 1. The van der Waals surface area contributed by atoms with E-state index in [1.54, 1.807) is 33.3 Å². The lowest BCUT2D eigenvalue weighted by Crippen LogP contribution is -2.64. The normalized spacial score (nSPS) is 17.6. The number of amides is 2. The van der Waals surface area contributed by atoms with Gasteiger partial charge in [-0.15, -0.1) is 0 Å². The minimum atomic E-state index is -0.522. The zero-order chi connectivity index (χ0) is 29.1. The van der Waals surface area contributed by atoms with Crippen LogP contribution in [0.4, 0.5) is 0 Å². The molecule has 2 amide bonds. The number of rotatable bonds is 15. The van der Waals surface area contributed by atoms with E-state index in [-0.39, 0.29) is 11.8 Å². The van der Waals surface area contributed by atoms with E-state index in [0.717, 1.165) is 42.4 Å². The van der Waals surface area contributed by atoms with Crippen LogP contribution in [0.15, 0.2) is 48.6 Å². The lowest BCUT2D eigenvalue weighted by Gasteiger charge is -2.43. The summed E-state index contributed by atoms with van der Waals surface area (Å²) in [6, 6.07) is 11.0. The second kappa shape index (κ2) is 15.3. The summed E-state index contributed by atoms with van der Waals surface area (Å²) >= 11 is 0. The summed E-state index contributed by atoms with van der Waals surface area (Å²) in [4.78, 5) is 30.7. The van der Waals surface area contributed by atoms with Crippen molar-refractivity contribution in [2.45, 2.75) is 77.3 Å². The van der Waals surface area contributed by atoms with Gasteiger partial charge < -0.3 is 24.0 Å². The van der Waals surface area contributed by atoms with Crippen LogP contribution in [-0.2, 0) is 16.0 Å². The minimum Gasteiger partial charge on any atom is -0.493 e. The fourth-order valence-corrected chi connectivity index (χ4v) is 5.27. The number of ether oxygens (including phenoxy) is 3.